The number of rotatable bonds is 5. The van der Waals surface area contributed by atoms with E-state index in [1.54, 1.807) is 18.0 Å². The molecular weight excluding hydrogens is 376 g/mol. The fraction of sp³-hybridized carbons (Fsp3) is 0.238. The van der Waals surface area contributed by atoms with Crippen molar-refractivity contribution in [2.75, 3.05) is 13.7 Å². The van der Waals surface area contributed by atoms with Gasteiger partial charge in [0.15, 0.2) is 0 Å². The van der Waals surface area contributed by atoms with Crippen LogP contribution in [0.15, 0.2) is 48.7 Å². The molecule has 0 aliphatic carbocycles. The molecule has 0 bridgehead atoms. The van der Waals surface area contributed by atoms with Crippen LogP contribution in [0.4, 0.5) is 0 Å². The van der Waals surface area contributed by atoms with Crippen molar-refractivity contribution < 1.29 is 9.53 Å². The Labute approximate surface area is 168 Å². The van der Waals surface area contributed by atoms with Gasteiger partial charge in [-0.05, 0) is 35.4 Å². The monoisotopic (exact) mass is 396 g/mol. The molecule has 6 nitrogen and oxygen atoms in total. The maximum Gasteiger partial charge on any atom is 0.255 e. The minimum Gasteiger partial charge on any atom is -0.497 e. The summed E-state index contributed by atoms with van der Waals surface area (Å²) >= 11 is 6.28. The molecule has 1 atom stereocenters. The molecule has 2 N–H and O–H groups in total. The Morgan fingerprint density at radius 2 is 2.11 bits per heavy atom. The Hall–Kier alpha value is -2.83. The fourth-order valence-corrected chi connectivity index (χ4v) is 4.04. The van der Waals surface area contributed by atoms with Crippen molar-refractivity contribution in [1.82, 2.24) is 14.7 Å². The molecule has 0 saturated carbocycles. The van der Waals surface area contributed by atoms with E-state index in [1.807, 2.05) is 54.4 Å². The van der Waals surface area contributed by atoms with Gasteiger partial charge in [-0.25, -0.2) is 0 Å². The van der Waals surface area contributed by atoms with Crippen molar-refractivity contribution in [3.8, 4) is 17.0 Å². The lowest BCUT2D eigenvalue weighted by Gasteiger charge is -2.27. The van der Waals surface area contributed by atoms with Gasteiger partial charge in [0, 0.05) is 31.3 Å². The molecule has 1 aliphatic rings. The zero-order chi connectivity index (χ0) is 19.8. The molecule has 2 aromatic carbocycles. The highest BCUT2D eigenvalue weighted by Crippen LogP contribution is 2.35. The summed E-state index contributed by atoms with van der Waals surface area (Å²) in [6, 6.07) is 13.2. The van der Waals surface area contributed by atoms with E-state index in [0.29, 0.717) is 23.7 Å². The number of nitrogens with zero attached hydrogens (tertiary/aromatic N) is 3. The number of methoxy groups -OCH3 is 1. The highest BCUT2D eigenvalue weighted by molar-refractivity contribution is 6.33. The van der Waals surface area contributed by atoms with E-state index in [0.717, 1.165) is 28.1 Å². The second-order valence-electron chi connectivity index (χ2n) is 6.80. The number of halogens is 1. The maximum absolute atomic E-state index is 13.1. The Morgan fingerprint density at radius 3 is 2.79 bits per heavy atom. The summed E-state index contributed by atoms with van der Waals surface area (Å²) in [5, 5.41) is 4.78. The molecule has 1 aliphatic heterocycles. The van der Waals surface area contributed by atoms with Crippen LogP contribution in [0, 0.1) is 0 Å². The highest BCUT2D eigenvalue weighted by atomic mass is 35.5. The quantitative estimate of drug-likeness (QED) is 0.717. The summed E-state index contributed by atoms with van der Waals surface area (Å²) in [6.45, 7) is 0.823. The van der Waals surface area contributed by atoms with Crippen molar-refractivity contribution in [3.63, 3.8) is 0 Å². The average Bonchev–Trinajstić information content (AvgIpc) is 3.21. The number of hydrogen-bond acceptors (Lipinski definition) is 4. The lowest BCUT2D eigenvalue weighted by molar-refractivity contribution is 0.0706. The van der Waals surface area contributed by atoms with Gasteiger partial charge >= 0.3 is 0 Å². The number of carbonyl (C=O) groups excluding carboxylic acids is 1. The van der Waals surface area contributed by atoms with E-state index in [9.17, 15) is 4.79 Å². The first-order valence-corrected chi connectivity index (χ1v) is 9.37. The minimum absolute atomic E-state index is 0.0177. The molecule has 0 spiro atoms. The largest absolute Gasteiger partial charge is 0.497 e. The Balaban J connectivity index is 1.68. The molecule has 1 aromatic heterocycles. The van der Waals surface area contributed by atoms with Crippen LogP contribution in [-0.4, -0.2) is 34.2 Å². The van der Waals surface area contributed by atoms with Gasteiger partial charge in [-0.15, -0.1) is 0 Å². The summed E-state index contributed by atoms with van der Waals surface area (Å²) in [4.78, 5) is 14.9. The highest BCUT2D eigenvalue weighted by Gasteiger charge is 2.33. The van der Waals surface area contributed by atoms with Crippen LogP contribution >= 0.6 is 11.6 Å². The van der Waals surface area contributed by atoms with Gasteiger partial charge in [0.2, 0.25) is 0 Å². The lowest BCUT2D eigenvalue weighted by Crippen LogP contribution is -2.34. The smallest absolute Gasteiger partial charge is 0.255 e. The van der Waals surface area contributed by atoms with Gasteiger partial charge < -0.3 is 15.4 Å². The van der Waals surface area contributed by atoms with E-state index >= 15 is 0 Å². The van der Waals surface area contributed by atoms with Gasteiger partial charge in [0.1, 0.15) is 5.75 Å². The second-order valence-corrected chi connectivity index (χ2v) is 7.21. The summed E-state index contributed by atoms with van der Waals surface area (Å²) in [7, 11) is 3.47. The summed E-state index contributed by atoms with van der Waals surface area (Å²) in [6.07, 6.45) is 1.62. The van der Waals surface area contributed by atoms with Gasteiger partial charge in [0.05, 0.1) is 30.1 Å². The fourth-order valence-electron chi connectivity index (χ4n) is 3.77. The average molecular weight is 397 g/mol. The van der Waals surface area contributed by atoms with E-state index in [4.69, 9.17) is 22.1 Å². The van der Waals surface area contributed by atoms with Crippen molar-refractivity contribution in [2.24, 2.45) is 12.8 Å². The number of amides is 1. The van der Waals surface area contributed by atoms with Crippen LogP contribution in [0.1, 0.15) is 27.5 Å². The summed E-state index contributed by atoms with van der Waals surface area (Å²) in [5.74, 6) is 0.726. The van der Waals surface area contributed by atoms with Gasteiger partial charge in [-0.1, -0.05) is 29.8 Å². The van der Waals surface area contributed by atoms with Gasteiger partial charge in [-0.2, -0.15) is 5.10 Å². The van der Waals surface area contributed by atoms with Crippen molar-refractivity contribution in [3.05, 3.63) is 70.4 Å². The number of fused-ring (bicyclic) bond motifs is 1. The molecule has 144 valence electrons. The number of aromatic nitrogens is 2. The van der Waals surface area contributed by atoms with Crippen LogP contribution in [0.2, 0.25) is 5.02 Å². The molecule has 3 aromatic rings. The third kappa shape index (κ3) is 3.04. The van der Waals surface area contributed by atoms with Crippen molar-refractivity contribution >= 4 is 17.5 Å². The number of nitrogens with two attached hydrogens (primary N) is 1. The first-order valence-electron chi connectivity index (χ1n) is 8.99. The van der Waals surface area contributed by atoms with Crippen LogP contribution in [0.3, 0.4) is 0 Å². The molecule has 1 amide bonds. The zero-order valence-corrected chi connectivity index (χ0v) is 16.5. The first-order chi connectivity index (χ1) is 13.5. The van der Waals surface area contributed by atoms with E-state index in [-0.39, 0.29) is 11.9 Å². The molecule has 0 saturated heterocycles. The van der Waals surface area contributed by atoms with Crippen LogP contribution in [0.25, 0.3) is 11.3 Å². The number of hydrogen-bond donors (Lipinski definition) is 1. The maximum atomic E-state index is 13.1. The molecule has 28 heavy (non-hydrogen) atoms. The third-order valence-electron chi connectivity index (χ3n) is 5.18. The molecule has 1 unspecified atom stereocenters. The predicted octanol–water partition coefficient (Wildman–Crippen LogP) is 3.40. The third-order valence-corrected chi connectivity index (χ3v) is 5.46. The molecule has 2 heterocycles. The van der Waals surface area contributed by atoms with Crippen LogP contribution < -0.4 is 10.5 Å². The van der Waals surface area contributed by atoms with Crippen LogP contribution in [-0.2, 0) is 13.6 Å². The minimum atomic E-state index is -0.223. The summed E-state index contributed by atoms with van der Waals surface area (Å²) in [5.41, 5.74) is 10.4. The molecule has 0 fully saturated rings. The standard InChI is InChI=1S/C21H21ClN4O2/c1-25-20(18(22)11-24-25)14-6-7-17-15(8-14)12-26(21(17)27)19(10-23)13-4-3-5-16(9-13)28-2/h3-9,11,19H,10,12,23H2,1-2H3. The van der Waals surface area contributed by atoms with E-state index in [1.165, 1.54) is 0 Å². The lowest BCUT2D eigenvalue weighted by atomic mass is 10.0. The van der Waals surface area contributed by atoms with Crippen molar-refractivity contribution in [2.45, 2.75) is 12.6 Å². The van der Waals surface area contributed by atoms with Gasteiger partial charge in [-0.3, -0.25) is 9.48 Å². The molecule has 7 heteroatoms. The Kier molecular flexibility index (Phi) is 4.83. The summed E-state index contributed by atoms with van der Waals surface area (Å²) < 4.78 is 7.05. The van der Waals surface area contributed by atoms with Crippen LogP contribution in [0.5, 0.6) is 5.75 Å². The van der Waals surface area contributed by atoms with E-state index in [2.05, 4.69) is 5.10 Å². The zero-order valence-electron chi connectivity index (χ0n) is 15.7. The first kappa shape index (κ1) is 18.5. The molecule has 4 rings (SSSR count). The molecular formula is C21H21ClN4O2. The molecule has 0 radical (unpaired) electrons. The van der Waals surface area contributed by atoms with E-state index < -0.39 is 0 Å². The van der Waals surface area contributed by atoms with Crippen molar-refractivity contribution in [1.29, 1.82) is 0 Å². The number of carbonyl (C=O) groups is 1. The number of aryl methyl sites for hydroxylation is 1. The van der Waals surface area contributed by atoms with Gasteiger partial charge in [0.25, 0.3) is 5.91 Å². The Morgan fingerprint density at radius 1 is 1.29 bits per heavy atom. The SMILES string of the molecule is COc1cccc(C(CN)N2Cc3cc(-c4c(Cl)cnn4C)ccc3C2=O)c1. The second kappa shape index (κ2) is 7.30. The Bertz CT molecular complexity index is 1030. The number of ether oxygens (including phenoxy) is 1. The predicted molar refractivity (Wildman–Crippen MR) is 108 cm³/mol. The number of benzene rings is 2. The normalized spacial score (nSPS) is 14.3. The topological polar surface area (TPSA) is 73.4 Å².